The minimum absolute atomic E-state index is 0.118. The van der Waals surface area contributed by atoms with Gasteiger partial charge >= 0.3 is 6.03 Å². The van der Waals surface area contributed by atoms with Gasteiger partial charge in [-0.1, -0.05) is 67.6 Å². The molecular formula is C27H28N4O4S. The zero-order valence-corrected chi connectivity index (χ0v) is 20.6. The lowest BCUT2D eigenvalue weighted by atomic mass is 9.92. The van der Waals surface area contributed by atoms with Crippen molar-refractivity contribution >= 4 is 32.6 Å². The van der Waals surface area contributed by atoms with E-state index in [9.17, 15) is 18.3 Å². The van der Waals surface area contributed by atoms with Crippen LogP contribution < -0.4 is 15.8 Å². The average molecular weight is 505 g/mol. The molecule has 0 aliphatic rings. The molecule has 0 bridgehead atoms. The number of nitrogens with one attached hydrogen (secondary N) is 2. The number of pyridine rings is 1. The van der Waals surface area contributed by atoms with Crippen molar-refractivity contribution in [2.75, 3.05) is 11.9 Å². The standard InChI is InChI=1S/C27H28N4O4S/c1-2-21(32)16-29-27(33)30-20-13-14-24-22(15-20)23(17-36(28,34)35)25(18-9-5-3-6-10-18)26(31-24)19-11-7-4-8-12-19/h3-15,21,32H,2,16-17H2,1H3,(H2,28,34,35)(H2,29,30,33). The summed E-state index contributed by atoms with van der Waals surface area (Å²) in [5.41, 5.74) is 4.46. The summed E-state index contributed by atoms with van der Waals surface area (Å²) in [7, 11) is -3.91. The lowest BCUT2D eigenvalue weighted by Gasteiger charge is -2.18. The molecule has 0 aliphatic heterocycles. The molecule has 0 saturated heterocycles. The normalized spacial score (nSPS) is 12.3. The molecular weight excluding hydrogens is 476 g/mol. The Hall–Kier alpha value is -3.79. The molecule has 186 valence electrons. The minimum Gasteiger partial charge on any atom is -0.391 e. The lowest BCUT2D eigenvalue weighted by Crippen LogP contribution is -2.34. The van der Waals surface area contributed by atoms with E-state index in [1.54, 1.807) is 18.2 Å². The number of hydrogen-bond acceptors (Lipinski definition) is 5. The first-order chi connectivity index (χ1) is 17.2. The van der Waals surface area contributed by atoms with Crippen LogP contribution in [0.4, 0.5) is 10.5 Å². The highest BCUT2D eigenvalue weighted by molar-refractivity contribution is 7.88. The summed E-state index contributed by atoms with van der Waals surface area (Å²) in [5, 5.41) is 21.2. The fourth-order valence-electron chi connectivity index (χ4n) is 4.01. The van der Waals surface area contributed by atoms with Crippen molar-refractivity contribution in [1.82, 2.24) is 10.3 Å². The number of primary sulfonamides is 1. The maximum Gasteiger partial charge on any atom is 0.319 e. The van der Waals surface area contributed by atoms with Crippen molar-refractivity contribution in [2.45, 2.75) is 25.2 Å². The molecule has 8 nitrogen and oxygen atoms in total. The smallest absolute Gasteiger partial charge is 0.319 e. The number of urea groups is 1. The number of sulfonamides is 1. The number of aromatic nitrogens is 1. The summed E-state index contributed by atoms with van der Waals surface area (Å²) in [6.07, 6.45) is -0.118. The zero-order valence-electron chi connectivity index (χ0n) is 19.8. The fourth-order valence-corrected chi connectivity index (χ4v) is 4.71. The Balaban J connectivity index is 1.91. The second-order valence-corrected chi connectivity index (χ2v) is 10.1. The first-order valence-corrected chi connectivity index (χ1v) is 13.3. The van der Waals surface area contributed by atoms with Crippen molar-refractivity contribution in [3.63, 3.8) is 0 Å². The summed E-state index contributed by atoms with van der Waals surface area (Å²) in [6, 6.07) is 23.6. The van der Waals surface area contributed by atoms with Crippen LogP contribution in [-0.2, 0) is 15.8 Å². The zero-order chi connectivity index (χ0) is 25.7. The average Bonchev–Trinajstić information content (AvgIpc) is 2.87. The number of carbonyl (C=O) groups excluding carboxylic acids is 1. The SMILES string of the molecule is CCC(O)CNC(=O)Nc1ccc2nc(-c3ccccc3)c(-c3ccccc3)c(CS(N)(=O)=O)c2c1. The number of rotatable bonds is 8. The first kappa shape index (κ1) is 25.3. The predicted molar refractivity (Wildman–Crippen MR) is 143 cm³/mol. The number of fused-ring (bicyclic) bond motifs is 1. The number of hydrogen-bond donors (Lipinski definition) is 4. The van der Waals surface area contributed by atoms with Gasteiger partial charge in [-0.15, -0.1) is 0 Å². The first-order valence-electron chi connectivity index (χ1n) is 11.6. The van der Waals surface area contributed by atoms with Crippen LogP contribution in [0.2, 0.25) is 0 Å². The third kappa shape index (κ3) is 6.06. The summed E-state index contributed by atoms with van der Waals surface area (Å²) in [6.45, 7) is 1.94. The van der Waals surface area contributed by atoms with Gasteiger partial charge in [-0.25, -0.2) is 23.3 Å². The number of benzene rings is 3. The Bertz CT molecular complexity index is 1480. The highest BCUT2D eigenvalue weighted by atomic mass is 32.2. The van der Waals surface area contributed by atoms with Crippen LogP contribution in [0.3, 0.4) is 0 Å². The van der Waals surface area contributed by atoms with Crippen LogP contribution in [0, 0.1) is 0 Å². The van der Waals surface area contributed by atoms with E-state index >= 15 is 0 Å². The van der Waals surface area contributed by atoms with Crippen LogP contribution in [0.5, 0.6) is 0 Å². The van der Waals surface area contributed by atoms with Crippen LogP contribution >= 0.6 is 0 Å². The van der Waals surface area contributed by atoms with Gasteiger partial charge in [0.25, 0.3) is 0 Å². The number of anilines is 1. The topological polar surface area (TPSA) is 134 Å². The molecule has 1 heterocycles. The van der Waals surface area contributed by atoms with Crippen LogP contribution in [0.25, 0.3) is 33.3 Å². The van der Waals surface area contributed by atoms with Crippen molar-refractivity contribution in [3.8, 4) is 22.4 Å². The molecule has 0 radical (unpaired) electrons. The second-order valence-electron chi connectivity index (χ2n) is 8.48. The quantitative estimate of drug-likeness (QED) is 0.285. The number of aliphatic hydroxyl groups excluding tert-OH is 1. The second kappa shape index (κ2) is 10.9. The summed E-state index contributed by atoms with van der Waals surface area (Å²) in [4.78, 5) is 17.3. The van der Waals surface area contributed by atoms with E-state index in [1.165, 1.54) is 0 Å². The third-order valence-electron chi connectivity index (χ3n) is 5.78. The predicted octanol–water partition coefficient (Wildman–Crippen LogP) is 4.25. The van der Waals surface area contributed by atoms with E-state index in [4.69, 9.17) is 10.1 Å². The molecule has 0 fully saturated rings. The number of nitrogens with two attached hydrogens (primary N) is 1. The molecule has 4 rings (SSSR count). The number of aliphatic hydroxyl groups is 1. The van der Waals surface area contributed by atoms with E-state index in [0.29, 0.717) is 39.8 Å². The van der Waals surface area contributed by atoms with Crippen molar-refractivity contribution in [3.05, 3.63) is 84.4 Å². The van der Waals surface area contributed by atoms with Crippen molar-refractivity contribution in [1.29, 1.82) is 0 Å². The van der Waals surface area contributed by atoms with Crippen LogP contribution in [-0.4, -0.2) is 37.2 Å². The van der Waals surface area contributed by atoms with Gasteiger partial charge < -0.3 is 15.7 Å². The Morgan fingerprint density at radius 3 is 2.25 bits per heavy atom. The molecule has 4 aromatic rings. The van der Waals surface area contributed by atoms with Gasteiger partial charge in [-0.3, -0.25) is 0 Å². The van der Waals surface area contributed by atoms with Gasteiger partial charge in [0.1, 0.15) is 0 Å². The highest BCUT2D eigenvalue weighted by Crippen LogP contribution is 2.39. The Morgan fingerprint density at radius 1 is 1.00 bits per heavy atom. The Kier molecular flexibility index (Phi) is 7.64. The maximum absolute atomic E-state index is 12.4. The van der Waals surface area contributed by atoms with Crippen molar-refractivity contribution < 1.29 is 18.3 Å². The third-order valence-corrected chi connectivity index (χ3v) is 6.47. The van der Waals surface area contributed by atoms with Gasteiger partial charge in [0.15, 0.2) is 0 Å². The summed E-state index contributed by atoms with van der Waals surface area (Å²) in [5.74, 6) is -0.408. The van der Waals surface area contributed by atoms with E-state index < -0.39 is 27.9 Å². The van der Waals surface area contributed by atoms with Crippen molar-refractivity contribution in [2.24, 2.45) is 5.14 Å². The Labute approximate surface area is 210 Å². The van der Waals surface area contributed by atoms with Gasteiger partial charge in [0.2, 0.25) is 10.0 Å². The molecule has 1 aromatic heterocycles. The fraction of sp³-hybridized carbons (Fsp3) is 0.185. The number of nitrogens with zero attached hydrogens (tertiary/aromatic N) is 1. The van der Waals surface area contributed by atoms with Crippen LogP contribution in [0.1, 0.15) is 18.9 Å². The summed E-state index contributed by atoms with van der Waals surface area (Å²) < 4.78 is 24.7. The molecule has 1 atom stereocenters. The van der Waals surface area contributed by atoms with Gasteiger partial charge in [0.05, 0.1) is 23.1 Å². The summed E-state index contributed by atoms with van der Waals surface area (Å²) >= 11 is 0. The van der Waals surface area contributed by atoms with E-state index in [-0.39, 0.29) is 6.54 Å². The lowest BCUT2D eigenvalue weighted by molar-refractivity contribution is 0.168. The van der Waals surface area contributed by atoms with E-state index in [0.717, 1.165) is 11.1 Å². The molecule has 5 N–H and O–H groups in total. The van der Waals surface area contributed by atoms with Gasteiger partial charge in [-0.05, 0) is 35.7 Å². The molecule has 1 unspecified atom stereocenters. The molecule has 9 heteroatoms. The Morgan fingerprint density at radius 2 is 1.64 bits per heavy atom. The van der Waals surface area contributed by atoms with Gasteiger partial charge in [0, 0.05) is 28.7 Å². The minimum atomic E-state index is -3.91. The number of carbonyl (C=O) groups is 1. The van der Waals surface area contributed by atoms with Crippen LogP contribution in [0.15, 0.2) is 78.9 Å². The molecule has 3 aromatic carbocycles. The van der Waals surface area contributed by atoms with E-state index in [1.807, 2.05) is 67.6 Å². The monoisotopic (exact) mass is 504 g/mol. The molecule has 0 spiro atoms. The van der Waals surface area contributed by atoms with Gasteiger partial charge in [-0.2, -0.15) is 0 Å². The molecule has 0 saturated carbocycles. The molecule has 0 aliphatic carbocycles. The molecule has 2 amide bonds. The molecule has 36 heavy (non-hydrogen) atoms. The van der Waals surface area contributed by atoms with E-state index in [2.05, 4.69) is 10.6 Å². The highest BCUT2D eigenvalue weighted by Gasteiger charge is 2.21. The number of amides is 2. The largest absolute Gasteiger partial charge is 0.391 e. The maximum atomic E-state index is 12.4.